The molecule has 1 aliphatic heterocycles. The number of carbonyl (C=O) groups excluding carboxylic acids is 1. The molecule has 1 aliphatic rings. The lowest BCUT2D eigenvalue weighted by atomic mass is 10.1. The molecule has 0 radical (unpaired) electrons. The Morgan fingerprint density at radius 1 is 1.13 bits per heavy atom. The Morgan fingerprint density at radius 2 is 1.81 bits per heavy atom. The molecule has 0 spiro atoms. The van der Waals surface area contributed by atoms with Crippen LogP contribution in [-0.2, 0) is 29.1 Å². The molecule has 168 valence electrons. The van der Waals surface area contributed by atoms with Gasteiger partial charge >= 0.3 is 12.4 Å². The van der Waals surface area contributed by atoms with Gasteiger partial charge in [-0.1, -0.05) is 0 Å². The SMILES string of the molecule is CS(=O)(=O)c1ccc(OCC(F)(F)F)c(C(=O)N2Cc3cc(C(F)(F)F)cnc3C2)c1. The van der Waals surface area contributed by atoms with E-state index in [-0.39, 0.29) is 29.2 Å². The number of alkyl halides is 6. The molecular formula is C18H14F6N2O4S. The highest BCUT2D eigenvalue weighted by Gasteiger charge is 2.35. The maximum absolute atomic E-state index is 12.9. The first-order valence-electron chi connectivity index (χ1n) is 8.53. The molecule has 0 saturated carbocycles. The standard InChI is InChI=1S/C18H14F6N2O4S/c1-31(28,29)12-2-3-15(30-9-17(19,20)21)13(5-12)16(27)26-7-10-4-11(18(22,23)24)6-25-14(10)8-26/h2-6H,7-9H2,1H3. The molecule has 0 saturated heterocycles. The number of fused-ring (bicyclic) bond motifs is 1. The molecule has 1 aromatic carbocycles. The van der Waals surface area contributed by atoms with E-state index in [9.17, 15) is 39.6 Å². The molecule has 0 unspecified atom stereocenters. The number of hydrogen-bond donors (Lipinski definition) is 0. The fraction of sp³-hybridized carbons (Fsp3) is 0.333. The summed E-state index contributed by atoms with van der Waals surface area (Å²) in [4.78, 5) is 17.4. The zero-order chi connectivity index (χ0) is 23.2. The molecule has 1 aromatic heterocycles. The van der Waals surface area contributed by atoms with Crippen LogP contribution in [0.15, 0.2) is 35.4 Å². The third-order valence-corrected chi connectivity index (χ3v) is 5.49. The maximum atomic E-state index is 12.9. The van der Waals surface area contributed by atoms with Gasteiger partial charge in [0, 0.05) is 19.0 Å². The zero-order valence-corrected chi connectivity index (χ0v) is 16.5. The molecule has 13 heteroatoms. The number of halogens is 6. The van der Waals surface area contributed by atoms with Crippen molar-refractivity contribution in [2.75, 3.05) is 12.9 Å². The van der Waals surface area contributed by atoms with Crippen molar-refractivity contribution in [2.45, 2.75) is 30.3 Å². The third-order valence-electron chi connectivity index (χ3n) is 4.38. The number of amides is 1. The van der Waals surface area contributed by atoms with E-state index < -0.39 is 51.6 Å². The normalized spacial score (nSPS) is 14.5. The van der Waals surface area contributed by atoms with Crippen molar-refractivity contribution in [2.24, 2.45) is 0 Å². The van der Waals surface area contributed by atoms with Gasteiger partial charge in [-0.3, -0.25) is 9.78 Å². The third kappa shape index (κ3) is 5.27. The van der Waals surface area contributed by atoms with Crippen LogP contribution >= 0.6 is 0 Å². The van der Waals surface area contributed by atoms with Gasteiger partial charge in [-0.25, -0.2) is 8.42 Å². The molecule has 2 heterocycles. The summed E-state index contributed by atoms with van der Waals surface area (Å²) in [5.41, 5.74) is -1.15. The van der Waals surface area contributed by atoms with Gasteiger partial charge in [0.05, 0.1) is 28.3 Å². The molecule has 31 heavy (non-hydrogen) atoms. The Hall–Kier alpha value is -2.83. The van der Waals surface area contributed by atoms with Crippen molar-refractivity contribution in [1.82, 2.24) is 9.88 Å². The summed E-state index contributed by atoms with van der Waals surface area (Å²) in [7, 11) is -3.80. The number of benzene rings is 1. The Morgan fingerprint density at radius 3 is 2.39 bits per heavy atom. The van der Waals surface area contributed by atoms with Crippen molar-refractivity contribution in [3.63, 3.8) is 0 Å². The maximum Gasteiger partial charge on any atom is 0.422 e. The van der Waals surface area contributed by atoms with Crippen LogP contribution in [0.4, 0.5) is 26.3 Å². The number of rotatable bonds is 4. The summed E-state index contributed by atoms with van der Waals surface area (Å²) in [6, 6.07) is 3.64. The molecule has 0 atom stereocenters. The Balaban J connectivity index is 1.94. The predicted octanol–water partition coefficient (Wildman–Crippen LogP) is 3.60. The highest BCUT2D eigenvalue weighted by molar-refractivity contribution is 7.90. The molecular weight excluding hydrogens is 454 g/mol. The fourth-order valence-electron chi connectivity index (χ4n) is 2.92. The minimum atomic E-state index is -4.71. The lowest BCUT2D eigenvalue weighted by Crippen LogP contribution is -2.27. The summed E-state index contributed by atoms with van der Waals surface area (Å²) in [6.07, 6.45) is -7.88. The lowest BCUT2D eigenvalue weighted by molar-refractivity contribution is -0.153. The van der Waals surface area contributed by atoms with Gasteiger partial charge in [0.1, 0.15) is 5.75 Å². The first kappa shape index (κ1) is 22.8. The van der Waals surface area contributed by atoms with E-state index in [0.29, 0.717) is 6.20 Å². The molecule has 2 aromatic rings. The van der Waals surface area contributed by atoms with E-state index in [0.717, 1.165) is 35.4 Å². The average molecular weight is 468 g/mol. The van der Waals surface area contributed by atoms with Gasteiger partial charge in [-0.2, -0.15) is 26.3 Å². The highest BCUT2D eigenvalue weighted by Crippen LogP contribution is 2.33. The van der Waals surface area contributed by atoms with Crippen LogP contribution in [0, 0.1) is 0 Å². The van der Waals surface area contributed by atoms with Crippen LogP contribution in [0.3, 0.4) is 0 Å². The second kappa shape index (κ2) is 7.70. The van der Waals surface area contributed by atoms with E-state index in [1.165, 1.54) is 0 Å². The van der Waals surface area contributed by atoms with Crippen molar-refractivity contribution in [3.8, 4) is 5.75 Å². The van der Waals surface area contributed by atoms with E-state index in [1.54, 1.807) is 0 Å². The quantitative estimate of drug-likeness (QED) is 0.641. The summed E-state index contributed by atoms with van der Waals surface area (Å²) < 4.78 is 105. The van der Waals surface area contributed by atoms with Crippen LogP contribution in [0.5, 0.6) is 5.75 Å². The van der Waals surface area contributed by atoms with Crippen molar-refractivity contribution in [1.29, 1.82) is 0 Å². The molecule has 0 N–H and O–H groups in total. The molecule has 0 bridgehead atoms. The predicted molar refractivity (Wildman–Crippen MR) is 93.9 cm³/mol. The second-order valence-electron chi connectivity index (χ2n) is 6.82. The number of nitrogens with zero attached hydrogens (tertiary/aromatic N) is 2. The Bertz CT molecular complexity index is 1130. The van der Waals surface area contributed by atoms with Gasteiger partial charge < -0.3 is 9.64 Å². The van der Waals surface area contributed by atoms with Crippen molar-refractivity contribution in [3.05, 3.63) is 52.8 Å². The second-order valence-corrected chi connectivity index (χ2v) is 8.84. The summed E-state index contributed by atoms with van der Waals surface area (Å²) in [6.45, 7) is -2.21. The number of hydrogen-bond acceptors (Lipinski definition) is 5. The first-order valence-corrected chi connectivity index (χ1v) is 10.4. The molecule has 6 nitrogen and oxygen atoms in total. The first-order chi connectivity index (χ1) is 14.1. The van der Waals surface area contributed by atoms with Crippen LogP contribution in [-0.4, -0.2) is 43.2 Å². The van der Waals surface area contributed by atoms with Crippen molar-refractivity contribution >= 4 is 15.7 Å². The van der Waals surface area contributed by atoms with Gasteiger partial charge in [0.25, 0.3) is 5.91 Å². The summed E-state index contributed by atoms with van der Waals surface area (Å²) >= 11 is 0. The zero-order valence-electron chi connectivity index (χ0n) is 15.7. The summed E-state index contributed by atoms with van der Waals surface area (Å²) in [5.74, 6) is -1.41. The van der Waals surface area contributed by atoms with E-state index in [1.807, 2.05) is 0 Å². The highest BCUT2D eigenvalue weighted by atomic mass is 32.2. The lowest BCUT2D eigenvalue weighted by Gasteiger charge is -2.19. The number of carbonyl (C=O) groups is 1. The van der Waals surface area contributed by atoms with Crippen LogP contribution in [0.2, 0.25) is 0 Å². The Labute approximate surface area is 172 Å². The fourth-order valence-corrected chi connectivity index (χ4v) is 3.57. The number of ether oxygens (including phenoxy) is 1. The van der Waals surface area contributed by atoms with E-state index in [2.05, 4.69) is 9.72 Å². The van der Waals surface area contributed by atoms with Crippen LogP contribution in [0.25, 0.3) is 0 Å². The largest absolute Gasteiger partial charge is 0.483 e. The Kier molecular flexibility index (Phi) is 5.67. The topological polar surface area (TPSA) is 76.6 Å². The molecule has 3 rings (SSSR count). The summed E-state index contributed by atoms with van der Waals surface area (Å²) in [5, 5.41) is 0. The number of aromatic nitrogens is 1. The van der Waals surface area contributed by atoms with Gasteiger partial charge in [-0.05, 0) is 29.8 Å². The minimum absolute atomic E-state index is 0.125. The average Bonchev–Trinajstić information content (AvgIpc) is 3.07. The van der Waals surface area contributed by atoms with Crippen molar-refractivity contribution < 1.29 is 44.3 Å². The number of sulfone groups is 1. The van der Waals surface area contributed by atoms with Gasteiger partial charge in [-0.15, -0.1) is 0 Å². The van der Waals surface area contributed by atoms with Gasteiger partial charge in [0.2, 0.25) is 0 Å². The molecule has 1 amide bonds. The van der Waals surface area contributed by atoms with Gasteiger partial charge in [0.15, 0.2) is 16.4 Å². The molecule has 0 aliphatic carbocycles. The minimum Gasteiger partial charge on any atom is -0.483 e. The molecule has 0 fully saturated rings. The van der Waals surface area contributed by atoms with E-state index >= 15 is 0 Å². The van der Waals surface area contributed by atoms with Crippen LogP contribution in [0.1, 0.15) is 27.2 Å². The van der Waals surface area contributed by atoms with Crippen LogP contribution < -0.4 is 4.74 Å². The monoisotopic (exact) mass is 468 g/mol. The number of pyridine rings is 1. The van der Waals surface area contributed by atoms with E-state index in [4.69, 9.17) is 0 Å². The smallest absolute Gasteiger partial charge is 0.422 e.